The minimum atomic E-state index is -0.244. The largest absolute Gasteiger partial charge is 0.494 e. The lowest BCUT2D eigenvalue weighted by Gasteiger charge is -2.07. The quantitative estimate of drug-likeness (QED) is 0.381. The highest BCUT2D eigenvalue weighted by Crippen LogP contribution is 2.27. The van der Waals surface area contributed by atoms with Gasteiger partial charge in [0.15, 0.2) is 11.7 Å². The lowest BCUT2D eigenvalue weighted by molar-refractivity contribution is -0.118. The molecular weight excluding hydrogens is 452 g/mol. The number of thiazole rings is 1. The van der Waals surface area contributed by atoms with E-state index in [1.165, 1.54) is 11.3 Å². The Morgan fingerprint density at radius 3 is 2.62 bits per heavy atom. The molecule has 5 nitrogen and oxygen atoms in total. The summed E-state index contributed by atoms with van der Waals surface area (Å²) in [7, 11) is 0. The first-order chi connectivity index (χ1) is 14.0. The van der Waals surface area contributed by atoms with Crippen LogP contribution in [0, 0.1) is 6.92 Å². The van der Waals surface area contributed by atoms with Crippen molar-refractivity contribution in [1.29, 1.82) is 0 Å². The smallest absolute Gasteiger partial charge is 0.264 e. The highest BCUT2D eigenvalue weighted by Gasteiger charge is 2.09. The molecule has 0 saturated heterocycles. The number of halogens is 1. The number of ether oxygens (including phenoxy) is 2. The summed E-state index contributed by atoms with van der Waals surface area (Å²) >= 11 is 4.83. The third kappa shape index (κ3) is 6.30. The number of nitrogens with one attached hydrogen (secondary N) is 1. The van der Waals surface area contributed by atoms with Crippen LogP contribution in [0.3, 0.4) is 0 Å². The summed E-state index contributed by atoms with van der Waals surface area (Å²) in [6.07, 6.45) is 2.15. The number of anilines is 1. The lowest BCUT2D eigenvalue weighted by Crippen LogP contribution is -2.20. The second-order valence-corrected chi connectivity index (χ2v) is 8.22. The summed E-state index contributed by atoms with van der Waals surface area (Å²) in [5.41, 5.74) is 2.84. The molecule has 0 saturated carbocycles. The van der Waals surface area contributed by atoms with Crippen molar-refractivity contribution in [3.8, 4) is 22.8 Å². The average molecular weight is 475 g/mol. The number of rotatable bonds is 9. The zero-order valence-corrected chi connectivity index (χ0v) is 18.8. The maximum atomic E-state index is 12.2. The molecule has 0 atom stereocenters. The fraction of sp³-hybridized carbons (Fsp3) is 0.273. The van der Waals surface area contributed by atoms with Crippen LogP contribution in [0.25, 0.3) is 11.3 Å². The van der Waals surface area contributed by atoms with Gasteiger partial charge in [0, 0.05) is 15.4 Å². The number of nitrogens with zero attached hydrogens (tertiary/aromatic N) is 1. The molecule has 0 radical (unpaired) electrons. The van der Waals surface area contributed by atoms with Gasteiger partial charge in [0.05, 0.1) is 12.3 Å². The minimum absolute atomic E-state index is 0.0697. The first-order valence-corrected chi connectivity index (χ1v) is 11.1. The first-order valence-electron chi connectivity index (χ1n) is 9.42. The van der Waals surface area contributed by atoms with Crippen molar-refractivity contribution >= 4 is 38.3 Å². The fourth-order valence-corrected chi connectivity index (χ4v) is 3.51. The molecule has 1 N–H and O–H groups in total. The third-order valence-electron chi connectivity index (χ3n) is 4.17. The van der Waals surface area contributed by atoms with E-state index < -0.39 is 0 Å². The van der Waals surface area contributed by atoms with Crippen LogP contribution in [0.1, 0.15) is 25.3 Å². The van der Waals surface area contributed by atoms with Crippen molar-refractivity contribution in [1.82, 2.24) is 4.98 Å². The van der Waals surface area contributed by atoms with E-state index in [4.69, 9.17) is 9.47 Å². The van der Waals surface area contributed by atoms with Crippen LogP contribution in [0.5, 0.6) is 11.5 Å². The van der Waals surface area contributed by atoms with Crippen LogP contribution in [0.15, 0.2) is 52.3 Å². The summed E-state index contributed by atoms with van der Waals surface area (Å²) in [4.78, 5) is 16.6. The Morgan fingerprint density at radius 1 is 1.14 bits per heavy atom. The third-order valence-corrected chi connectivity index (χ3v) is 5.81. The molecule has 1 heterocycles. The predicted octanol–water partition coefficient (Wildman–Crippen LogP) is 6.08. The van der Waals surface area contributed by atoms with Gasteiger partial charge in [-0.25, -0.2) is 4.98 Å². The molecule has 1 amide bonds. The standard InChI is InChI=1S/C22H23BrN2O3S/c1-3-4-11-27-17-7-5-16(6-8-17)20-14-29-22(24-20)25-21(26)13-28-18-9-10-19(23)15(2)12-18/h5-10,12,14H,3-4,11,13H2,1-2H3,(H,24,25,26). The van der Waals surface area contributed by atoms with E-state index in [-0.39, 0.29) is 12.5 Å². The van der Waals surface area contributed by atoms with E-state index in [0.717, 1.165) is 46.5 Å². The Labute approximate surface area is 183 Å². The van der Waals surface area contributed by atoms with Crippen molar-refractivity contribution in [2.45, 2.75) is 26.7 Å². The van der Waals surface area contributed by atoms with E-state index in [1.807, 2.05) is 54.8 Å². The molecule has 152 valence electrons. The van der Waals surface area contributed by atoms with E-state index >= 15 is 0 Å². The minimum Gasteiger partial charge on any atom is -0.494 e. The second kappa shape index (κ2) is 10.4. The summed E-state index contributed by atoms with van der Waals surface area (Å²) in [5, 5.41) is 5.25. The monoisotopic (exact) mass is 474 g/mol. The molecule has 3 rings (SSSR count). The van der Waals surface area contributed by atoms with Crippen molar-refractivity contribution in [2.75, 3.05) is 18.5 Å². The predicted molar refractivity (Wildman–Crippen MR) is 121 cm³/mol. The van der Waals surface area contributed by atoms with Crippen LogP contribution in [0.4, 0.5) is 5.13 Å². The lowest BCUT2D eigenvalue weighted by atomic mass is 10.2. The molecule has 0 fully saturated rings. The van der Waals surface area contributed by atoms with Gasteiger partial charge < -0.3 is 9.47 Å². The number of unbranched alkanes of at least 4 members (excludes halogenated alkanes) is 1. The van der Waals surface area contributed by atoms with Gasteiger partial charge in [0.25, 0.3) is 5.91 Å². The maximum absolute atomic E-state index is 12.2. The van der Waals surface area contributed by atoms with E-state index in [1.54, 1.807) is 0 Å². The molecule has 2 aromatic carbocycles. The SMILES string of the molecule is CCCCOc1ccc(-c2csc(NC(=O)COc3ccc(Br)c(C)c3)n2)cc1. The van der Waals surface area contributed by atoms with Gasteiger partial charge >= 0.3 is 0 Å². The molecular formula is C22H23BrN2O3S. The molecule has 0 bridgehead atoms. The van der Waals surface area contributed by atoms with Gasteiger partial charge in [0.1, 0.15) is 11.5 Å². The van der Waals surface area contributed by atoms with Crippen LogP contribution < -0.4 is 14.8 Å². The Hall–Kier alpha value is -2.38. The van der Waals surface area contributed by atoms with Gasteiger partial charge in [-0.05, 0) is 61.4 Å². The fourth-order valence-electron chi connectivity index (χ4n) is 2.53. The maximum Gasteiger partial charge on any atom is 0.264 e. The number of hydrogen-bond donors (Lipinski definition) is 1. The number of carbonyl (C=O) groups is 1. The van der Waals surface area contributed by atoms with Crippen LogP contribution in [-0.2, 0) is 4.79 Å². The number of carbonyl (C=O) groups excluding carboxylic acids is 1. The molecule has 0 aliphatic carbocycles. The zero-order valence-electron chi connectivity index (χ0n) is 16.4. The molecule has 0 unspecified atom stereocenters. The number of aryl methyl sites for hydroxylation is 1. The van der Waals surface area contributed by atoms with Crippen molar-refractivity contribution < 1.29 is 14.3 Å². The summed E-state index contributed by atoms with van der Waals surface area (Å²) < 4.78 is 12.2. The van der Waals surface area contributed by atoms with Crippen LogP contribution in [-0.4, -0.2) is 24.1 Å². The molecule has 0 spiro atoms. The molecule has 3 aromatic rings. The summed E-state index contributed by atoms with van der Waals surface area (Å²) in [6.45, 7) is 4.77. The number of aromatic nitrogens is 1. The van der Waals surface area contributed by atoms with Crippen LogP contribution >= 0.6 is 27.3 Å². The topological polar surface area (TPSA) is 60.5 Å². The van der Waals surface area contributed by atoms with Gasteiger partial charge in [-0.15, -0.1) is 11.3 Å². The Morgan fingerprint density at radius 2 is 1.90 bits per heavy atom. The van der Waals surface area contributed by atoms with E-state index in [9.17, 15) is 4.79 Å². The molecule has 29 heavy (non-hydrogen) atoms. The average Bonchev–Trinajstić information content (AvgIpc) is 3.18. The van der Waals surface area contributed by atoms with E-state index in [2.05, 4.69) is 33.2 Å². The molecule has 7 heteroatoms. The van der Waals surface area contributed by atoms with Crippen molar-refractivity contribution in [3.05, 3.63) is 57.9 Å². The van der Waals surface area contributed by atoms with Crippen LogP contribution in [0.2, 0.25) is 0 Å². The highest BCUT2D eigenvalue weighted by atomic mass is 79.9. The highest BCUT2D eigenvalue weighted by molar-refractivity contribution is 9.10. The van der Waals surface area contributed by atoms with Crippen molar-refractivity contribution in [3.63, 3.8) is 0 Å². The van der Waals surface area contributed by atoms with Crippen molar-refractivity contribution in [2.24, 2.45) is 0 Å². The molecule has 0 aliphatic heterocycles. The van der Waals surface area contributed by atoms with Gasteiger partial charge in [0.2, 0.25) is 0 Å². The van der Waals surface area contributed by atoms with Gasteiger partial charge in [-0.1, -0.05) is 29.3 Å². The number of benzene rings is 2. The number of amides is 1. The first kappa shape index (κ1) is 21.3. The van der Waals surface area contributed by atoms with Gasteiger partial charge in [-0.2, -0.15) is 0 Å². The summed E-state index contributed by atoms with van der Waals surface area (Å²) in [6, 6.07) is 13.4. The Kier molecular flexibility index (Phi) is 7.66. The normalized spacial score (nSPS) is 10.6. The molecule has 0 aliphatic rings. The Balaban J connectivity index is 1.52. The summed E-state index contributed by atoms with van der Waals surface area (Å²) in [5.74, 6) is 1.26. The molecule has 1 aromatic heterocycles. The van der Waals surface area contributed by atoms with Gasteiger partial charge in [-0.3, -0.25) is 10.1 Å². The van der Waals surface area contributed by atoms with E-state index in [0.29, 0.717) is 10.9 Å². The second-order valence-electron chi connectivity index (χ2n) is 6.51. The Bertz CT molecular complexity index is 957. The zero-order chi connectivity index (χ0) is 20.6. The number of hydrogen-bond acceptors (Lipinski definition) is 5.